The quantitative estimate of drug-likeness (QED) is 0.785. The second kappa shape index (κ2) is 7.73. The van der Waals surface area contributed by atoms with E-state index in [-0.39, 0.29) is 17.9 Å². The summed E-state index contributed by atoms with van der Waals surface area (Å²) in [5, 5.41) is 4.95. The van der Waals surface area contributed by atoms with Crippen molar-refractivity contribution in [2.24, 2.45) is 0 Å². The van der Waals surface area contributed by atoms with Crippen molar-refractivity contribution < 1.29 is 9.59 Å². The van der Waals surface area contributed by atoms with Crippen LogP contribution >= 0.6 is 27.3 Å². The third kappa shape index (κ3) is 4.10. The number of nitrogens with one attached hydrogen (secondary N) is 1. The van der Waals surface area contributed by atoms with Crippen molar-refractivity contribution in [2.45, 2.75) is 25.4 Å². The number of hydrogen-bond donors (Lipinski definition) is 1. The average molecular weight is 448 g/mol. The third-order valence-corrected chi connectivity index (χ3v) is 6.95. The monoisotopic (exact) mass is 447 g/mol. The zero-order valence-electron chi connectivity index (χ0n) is 15.2. The average Bonchev–Trinajstić information content (AvgIpc) is 3.30. The molecule has 142 valence electrons. The lowest BCUT2D eigenvalue weighted by Gasteiger charge is -2.25. The molecule has 7 heteroatoms. The second-order valence-electron chi connectivity index (χ2n) is 7.31. The van der Waals surface area contributed by atoms with E-state index < -0.39 is 0 Å². The summed E-state index contributed by atoms with van der Waals surface area (Å²) in [5.41, 5.74) is 3.35. The summed E-state index contributed by atoms with van der Waals surface area (Å²) in [6.07, 6.45) is 1.78. The Labute approximate surface area is 171 Å². The van der Waals surface area contributed by atoms with Crippen LogP contribution in [0.5, 0.6) is 0 Å². The minimum atomic E-state index is -0.0668. The van der Waals surface area contributed by atoms with Gasteiger partial charge in [0.25, 0.3) is 11.8 Å². The van der Waals surface area contributed by atoms with Crippen molar-refractivity contribution in [2.75, 3.05) is 26.7 Å². The Morgan fingerprint density at radius 3 is 2.85 bits per heavy atom. The van der Waals surface area contributed by atoms with Crippen LogP contribution in [-0.2, 0) is 13.0 Å². The van der Waals surface area contributed by atoms with E-state index in [0.29, 0.717) is 18.0 Å². The second-order valence-corrected chi connectivity index (χ2v) is 9.14. The number of halogens is 1. The van der Waals surface area contributed by atoms with Crippen LogP contribution in [-0.4, -0.2) is 54.3 Å². The smallest absolute Gasteiger partial charge is 0.261 e. The molecule has 2 aliphatic heterocycles. The van der Waals surface area contributed by atoms with Crippen LogP contribution in [0.4, 0.5) is 0 Å². The highest BCUT2D eigenvalue weighted by Gasteiger charge is 2.29. The molecule has 1 saturated heterocycles. The molecule has 0 radical (unpaired) electrons. The van der Waals surface area contributed by atoms with Crippen LogP contribution in [0.25, 0.3) is 0 Å². The molecule has 1 aromatic carbocycles. The highest BCUT2D eigenvalue weighted by atomic mass is 79.9. The minimum Gasteiger partial charge on any atom is -0.347 e. The van der Waals surface area contributed by atoms with E-state index in [1.54, 1.807) is 0 Å². The van der Waals surface area contributed by atoms with E-state index in [4.69, 9.17) is 0 Å². The van der Waals surface area contributed by atoms with E-state index in [2.05, 4.69) is 45.3 Å². The number of amides is 2. The molecule has 2 aromatic rings. The van der Waals surface area contributed by atoms with Crippen molar-refractivity contribution in [3.05, 3.63) is 55.7 Å². The summed E-state index contributed by atoms with van der Waals surface area (Å²) in [4.78, 5) is 30.1. The summed E-state index contributed by atoms with van der Waals surface area (Å²) in [6, 6.07) is 7.91. The lowest BCUT2D eigenvalue weighted by Crippen LogP contribution is -2.38. The van der Waals surface area contributed by atoms with Crippen molar-refractivity contribution in [1.29, 1.82) is 0 Å². The molecule has 1 atom stereocenters. The molecule has 1 aromatic heterocycles. The van der Waals surface area contributed by atoms with Gasteiger partial charge in [-0.1, -0.05) is 6.07 Å². The molecular weight excluding hydrogens is 426 g/mol. The van der Waals surface area contributed by atoms with Gasteiger partial charge in [0.1, 0.15) is 0 Å². The number of benzene rings is 1. The van der Waals surface area contributed by atoms with Gasteiger partial charge in [0.2, 0.25) is 0 Å². The van der Waals surface area contributed by atoms with Crippen LogP contribution in [0, 0.1) is 0 Å². The van der Waals surface area contributed by atoms with Crippen LogP contribution in [0.3, 0.4) is 0 Å². The summed E-state index contributed by atoms with van der Waals surface area (Å²) in [7, 11) is 2.12. The van der Waals surface area contributed by atoms with Gasteiger partial charge in [0.15, 0.2) is 0 Å². The lowest BCUT2D eigenvalue weighted by atomic mass is 9.97. The van der Waals surface area contributed by atoms with Gasteiger partial charge in [-0.15, -0.1) is 11.3 Å². The summed E-state index contributed by atoms with van der Waals surface area (Å²) < 4.78 is 0.916. The van der Waals surface area contributed by atoms with Gasteiger partial charge in [-0.3, -0.25) is 9.59 Å². The van der Waals surface area contributed by atoms with Gasteiger partial charge in [0.05, 0.1) is 4.88 Å². The maximum absolute atomic E-state index is 12.9. The molecule has 0 unspecified atom stereocenters. The molecule has 0 spiro atoms. The molecule has 0 bridgehead atoms. The van der Waals surface area contributed by atoms with Gasteiger partial charge in [-0.05, 0) is 65.1 Å². The Morgan fingerprint density at radius 2 is 2.07 bits per heavy atom. The molecule has 0 aliphatic carbocycles. The van der Waals surface area contributed by atoms with Gasteiger partial charge in [0, 0.05) is 47.6 Å². The Morgan fingerprint density at radius 1 is 1.22 bits per heavy atom. The maximum atomic E-state index is 12.9. The van der Waals surface area contributed by atoms with Gasteiger partial charge < -0.3 is 15.1 Å². The molecule has 0 saturated carbocycles. The molecule has 2 amide bonds. The predicted molar refractivity (Wildman–Crippen MR) is 110 cm³/mol. The zero-order chi connectivity index (χ0) is 19.0. The first-order chi connectivity index (χ1) is 13.0. The van der Waals surface area contributed by atoms with Crippen molar-refractivity contribution in [3.8, 4) is 0 Å². The Balaban J connectivity index is 1.38. The highest BCUT2D eigenvalue weighted by Crippen LogP contribution is 2.23. The van der Waals surface area contributed by atoms with E-state index in [9.17, 15) is 9.59 Å². The number of thiophene rings is 1. The third-order valence-electron chi connectivity index (χ3n) is 5.26. The van der Waals surface area contributed by atoms with Crippen LogP contribution in [0.2, 0.25) is 0 Å². The fourth-order valence-corrected chi connectivity index (χ4v) is 5.09. The summed E-state index contributed by atoms with van der Waals surface area (Å²) in [6.45, 7) is 3.22. The summed E-state index contributed by atoms with van der Waals surface area (Å²) >= 11 is 4.79. The number of nitrogens with zero attached hydrogens (tertiary/aromatic N) is 2. The number of carbonyl (C=O) groups excluding carboxylic acids is 2. The maximum Gasteiger partial charge on any atom is 0.261 e. The molecule has 1 N–H and O–H groups in total. The first-order valence-electron chi connectivity index (χ1n) is 9.14. The normalized spacial score (nSPS) is 19.8. The van der Waals surface area contributed by atoms with Crippen LogP contribution < -0.4 is 5.32 Å². The van der Waals surface area contributed by atoms with Gasteiger partial charge >= 0.3 is 0 Å². The fourth-order valence-electron chi connectivity index (χ4n) is 3.76. The van der Waals surface area contributed by atoms with Crippen LogP contribution in [0.1, 0.15) is 37.6 Å². The van der Waals surface area contributed by atoms with E-state index in [1.165, 1.54) is 22.5 Å². The Bertz CT molecular complexity index is 882. The first-order valence-corrected chi connectivity index (χ1v) is 10.8. The number of hydrogen-bond acceptors (Lipinski definition) is 4. The molecular formula is C20H22BrN3O2S. The molecule has 3 heterocycles. The lowest BCUT2D eigenvalue weighted by molar-refractivity contribution is 0.0783. The van der Waals surface area contributed by atoms with E-state index in [0.717, 1.165) is 36.0 Å². The number of fused-ring (bicyclic) bond motifs is 1. The van der Waals surface area contributed by atoms with Gasteiger partial charge in [-0.2, -0.15) is 0 Å². The standard InChI is InChI=1S/C20H22BrN3O2S/c1-23-6-4-13-8-14(2-3-15(13)10-23)20(26)24-7-5-17(11-24)22-19(25)18-9-16(21)12-27-18/h2-3,8-9,12,17H,4-7,10-11H2,1H3,(H,22,25)/t17-/m1/s1. The highest BCUT2D eigenvalue weighted by molar-refractivity contribution is 9.10. The van der Waals surface area contributed by atoms with Gasteiger partial charge in [-0.25, -0.2) is 0 Å². The van der Waals surface area contributed by atoms with Crippen LogP contribution in [0.15, 0.2) is 34.1 Å². The minimum absolute atomic E-state index is 0.00797. The Kier molecular flexibility index (Phi) is 5.34. The zero-order valence-corrected chi connectivity index (χ0v) is 17.6. The van der Waals surface area contributed by atoms with Crippen molar-refractivity contribution >= 4 is 39.1 Å². The largest absolute Gasteiger partial charge is 0.347 e. The Hall–Kier alpha value is -1.70. The molecule has 1 fully saturated rings. The number of likely N-dealkylation sites (tertiary alicyclic amines) is 1. The fraction of sp³-hybridized carbons (Fsp3) is 0.400. The molecule has 4 rings (SSSR count). The number of likely N-dealkylation sites (N-methyl/N-ethyl adjacent to an activating group) is 1. The number of rotatable bonds is 3. The van der Waals surface area contributed by atoms with Crippen molar-refractivity contribution in [1.82, 2.24) is 15.1 Å². The number of carbonyl (C=O) groups is 2. The van der Waals surface area contributed by atoms with Crippen molar-refractivity contribution in [3.63, 3.8) is 0 Å². The van der Waals surface area contributed by atoms with E-state index in [1.807, 2.05) is 22.4 Å². The first kappa shape index (κ1) is 18.7. The molecule has 2 aliphatic rings. The van der Waals surface area contributed by atoms with E-state index >= 15 is 0 Å². The predicted octanol–water partition coefficient (Wildman–Crippen LogP) is 3.14. The topological polar surface area (TPSA) is 52.7 Å². The summed E-state index contributed by atoms with van der Waals surface area (Å²) in [5.74, 6) is -0.00440. The molecule has 27 heavy (non-hydrogen) atoms. The SMILES string of the molecule is CN1CCc2cc(C(=O)N3CC[C@@H](NC(=O)c4cc(Br)cs4)C3)ccc2C1. The molecule has 5 nitrogen and oxygen atoms in total.